The maximum Gasteiger partial charge on any atom is 0.336 e. The minimum absolute atomic E-state index is 0.484. The number of aryl methyl sites for hydroxylation is 2. The minimum Gasteiger partial charge on any atom is -0.479 e. The summed E-state index contributed by atoms with van der Waals surface area (Å²) in [5.74, 6) is 0.650. The SMILES string of the molecule is COC1(C(=O)O)CCN(Cc2nc(C)c(C)o2)CC1. The Hall–Kier alpha value is -1.40. The molecule has 1 saturated heterocycles. The molecule has 0 radical (unpaired) electrons. The van der Waals surface area contributed by atoms with Crippen molar-refractivity contribution in [1.82, 2.24) is 9.88 Å². The highest BCUT2D eigenvalue weighted by atomic mass is 16.5. The Morgan fingerprint density at radius 2 is 2.11 bits per heavy atom. The quantitative estimate of drug-likeness (QED) is 0.888. The number of methoxy groups -OCH3 is 1. The van der Waals surface area contributed by atoms with Crippen molar-refractivity contribution in [3.63, 3.8) is 0 Å². The van der Waals surface area contributed by atoms with Crippen LogP contribution in [0.1, 0.15) is 30.2 Å². The molecule has 0 atom stereocenters. The molecule has 2 heterocycles. The van der Waals surface area contributed by atoms with E-state index in [-0.39, 0.29) is 0 Å². The van der Waals surface area contributed by atoms with Crippen LogP contribution < -0.4 is 0 Å². The lowest BCUT2D eigenvalue weighted by atomic mass is 9.91. The highest BCUT2D eigenvalue weighted by Crippen LogP contribution is 2.27. The van der Waals surface area contributed by atoms with Crippen LogP contribution in [0.5, 0.6) is 0 Å². The Labute approximate surface area is 112 Å². The van der Waals surface area contributed by atoms with E-state index < -0.39 is 11.6 Å². The molecule has 1 aliphatic rings. The van der Waals surface area contributed by atoms with Gasteiger partial charge in [-0.1, -0.05) is 0 Å². The van der Waals surface area contributed by atoms with Gasteiger partial charge in [-0.2, -0.15) is 0 Å². The van der Waals surface area contributed by atoms with Gasteiger partial charge in [0.05, 0.1) is 12.2 Å². The van der Waals surface area contributed by atoms with Crippen molar-refractivity contribution in [2.75, 3.05) is 20.2 Å². The standard InChI is InChI=1S/C13H20N2O4/c1-9-10(2)19-11(14-9)8-15-6-4-13(18-3,5-7-15)12(16)17/h4-8H2,1-3H3,(H,16,17). The Morgan fingerprint density at radius 1 is 1.47 bits per heavy atom. The highest BCUT2D eigenvalue weighted by Gasteiger charge is 2.41. The van der Waals surface area contributed by atoms with Gasteiger partial charge >= 0.3 is 5.97 Å². The molecular weight excluding hydrogens is 248 g/mol. The van der Waals surface area contributed by atoms with Gasteiger partial charge in [-0.15, -0.1) is 0 Å². The third kappa shape index (κ3) is 2.79. The zero-order chi connectivity index (χ0) is 14.0. The number of oxazole rings is 1. The first-order chi connectivity index (χ1) is 8.97. The van der Waals surface area contributed by atoms with E-state index in [4.69, 9.17) is 9.15 Å². The lowest BCUT2D eigenvalue weighted by Gasteiger charge is -2.37. The molecule has 0 bridgehead atoms. The van der Waals surface area contributed by atoms with Crippen molar-refractivity contribution in [3.05, 3.63) is 17.3 Å². The van der Waals surface area contributed by atoms with Crippen LogP contribution in [0.4, 0.5) is 0 Å². The van der Waals surface area contributed by atoms with E-state index in [0.29, 0.717) is 38.4 Å². The van der Waals surface area contributed by atoms with E-state index in [1.807, 2.05) is 13.8 Å². The van der Waals surface area contributed by atoms with Gasteiger partial charge in [0.25, 0.3) is 0 Å². The normalized spacial score (nSPS) is 19.5. The second-order valence-electron chi connectivity index (χ2n) is 5.03. The number of likely N-dealkylation sites (tertiary alicyclic amines) is 1. The summed E-state index contributed by atoms with van der Waals surface area (Å²) in [5.41, 5.74) is -0.123. The molecule has 0 unspecified atom stereocenters. The Kier molecular flexibility index (Phi) is 3.91. The van der Waals surface area contributed by atoms with Gasteiger partial charge < -0.3 is 14.3 Å². The zero-order valence-corrected chi connectivity index (χ0v) is 11.6. The number of aliphatic carboxylic acids is 1. The average Bonchev–Trinajstić information content (AvgIpc) is 2.69. The monoisotopic (exact) mass is 268 g/mol. The fourth-order valence-corrected chi connectivity index (χ4v) is 2.38. The largest absolute Gasteiger partial charge is 0.479 e. The summed E-state index contributed by atoms with van der Waals surface area (Å²) in [5, 5.41) is 9.23. The van der Waals surface area contributed by atoms with Gasteiger partial charge in [0, 0.05) is 20.2 Å². The van der Waals surface area contributed by atoms with Crippen LogP contribution in [0.15, 0.2) is 4.42 Å². The maximum atomic E-state index is 11.2. The van der Waals surface area contributed by atoms with Crippen molar-refractivity contribution in [3.8, 4) is 0 Å². The summed E-state index contributed by atoms with van der Waals surface area (Å²) in [6.07, 6.45) is 0.967. The van der Waals surface area contributed by atoms with Crippen LogP contribution in [0.2, 0.25) is 0 Å². The topological polar surface area (TPSA) is 75.8 Å². The predicted octanol–water partition coefficient (Wildman–Crippen LogP) is 1.36. The van der Waals surface area contributed by atoms with Crippen LogP contribution in [0, 0.1) is 13.8 Å². The minimum atomic E-state index is -1.03. The molecule has 1 aliphatic heterocycles. The fraction of sp³-hybridized carbons (Fsp3) is 0.692. The van der Waals surface area contributed by atoms with E-state index in [9.17, 15) is 9.90 Å². The molecule has 0 aromatic carbocycles. The first-order valence-electron chi connectivity index (χ1n) is 6.40. The molecule has 1 fully saturated rings. The van der Waals surface area contributed by atoms with Crippen LogP contribution in [0.3, 0.4) is 0 Å². The third-order valence-corrected chi connectivity index (χ3v) is 3.88. The molecule has 1 N–H and O–H groups in total. The van der Waals surface area contributed by atoms with Crippen molar-refractivity contribution in [1.29, 1.82) is 0 Å². The van der Waals surface area contributed by atoms with Gasteiger partial charge in [0.15, 0.2) is 5.60 Å². The molecule has 6 heteroatoms. The molecule has 1 aromatic rings. The smallest absolute Gasteiger partial charge is 0.336 e. The van der Waals surface area contributed by atoms with Crippen LogP contribution in [-0.4, -0.2) is 46.8 Å². The molecule has 0 saturated carbocycles. The number of piperidine rings is 1. The number of rotatable bonds is 4. The van der Waals surface area contributed by atoms with Gasteiger partial charge in [-0.25, -0.2) is 9.78 Å². The first-order valence-corrected chi connectivity index (χ1v) is 6.40. The highest BCUT2D eigenvalue weighted by molar-refractivity contribution is 5.77. The molecule has 6 nitrogen and oxygen atoms in total. The summed E-state index contributed by atoms with van der Waals surface area (Å²) < 4.78 is 10.7. The lowest BCUT2D eigenvalue weighted by Crippen LogP contribution is -2.50. The molecule has 0 spiro atoms. The number of carboxylic acid groups (broad SMARTS) is 1. The van der Waals surface area contributed by atoms with E-state index in [1.165, 1.54) is 7.11 Å². The molecule has 0 amide bonds. The van der Waals surface area contributed by atoms with Gasteiger partial charge in [-0.05, 0) is 26.7 Å². The van der Waals surface area contributed by atoms with E-state index >= 15 is 0 Å². The zero-order valence-electron chi connectivity index (χ0n) is 11.6. The average molecular weight is 268 g/mol. The van der Waals surface area contributed by atoms with Crippen LogP contribution in [0.25, 0.3) is 0 Å². The fourth-order valence-electron chi connectivity index (χ4n) is 2.38. The number of hydrogen-bond acceptors (Lipinski definition) is 5. The van der Waals surface area contributed by atoms with Crippen molar-refractivity contribution >= 4 is 5.97 Å². The van der Waals surface area contributed by atoms with E-state index in [2.05, 4.69) is 9.88 Å². The van der Waals surface area contributed by atoms with Crippen LogP contribution >= 0.6 is 0 Å². The number of ether oxygens (including phenoxy) is 1. The summed E-state index contributed by atoms with van der Waals surface area (Å²) in [4.78, 5) is 17.7. The predicted molar refractivity (Wildman–Crippen MR) is 67.9 cm³/mol. The Bertz CT molecular complexity index is 442. The maximum absolute atomic E-state index is 11.2. The summed E-state index contributed by atoms with van der Waals surface area (Å²) >= 11 is 0. The first kappa shape index (κ1) is 14.0. The summed E-state index contributed by atoms with van der Waals surface area (Å²) in [6.45, 7) is 5.76. The molecule has 2 rings (SSSR count). The van der Waals surface area contributed by atoms with Crippen molar-refractivity contribution in [2.45, 2.75) is 38.8 Å². The molecular formula is C13H20N2O4. The molecule has 0 aliphatic carbocycles. The molecule has 19 heavy (non-hydrogen) atoms. The van der Waals surface area contributed by atoms with Gasteiger partial charge in [0.1, 0.15) is 5.76 Å². The number of carbonyl (C=O) groups is 1. The Balaban J connectivity index is 1.95. The number of hydrogen-bond donors (Lipinski definition) is 1. The second kappa shape index (κ2) is 5.30. The van der Waals surface area contributed by atoms with Crippen LogP contribution in [-0.2, 0) is 16.1 Å². The van der Waals surface area contributed by atoms with Crippen molar-refractivity contribution < 1.29 is 19.1 Å². The number of carboxylic acids is 1. The number of nitrogens with zero attached hydrogens (tertiary/aromatic N) is 2. The summed E-state index contributed by atoms with van der Waals surface area (Å²) in [6, 6.07) is 0. The van der Waals surface area contributed by atoms with E-state index in [1.54, 1.807) is 0 Å². The van der Waals surface area contributed by atoms with E-state index in [0.717, 1.165) is 11.5 Å². The lowest BCUT2D eigenvalue weighted by molar-refractivity contribution is -0.168. The Morgan fingerprint density at radius 3 is 2.53 bits per heavy atom. The molecule has 1 aromatic heterocycles. The van der Waals surface area contributed by atoms with Gasteiger partial charge in [0.2, 0.25) is 5.89 Å². The molecule has 106 valence electrons. The third-order valence-electron chi connectivity index (χ3n) is 3.88. The second-order valence-corrected chi connectivity index (χ2v) is 5.03. The van der Waals surface area contributed by atoms with Crippen molar-refractivity contribution in [2.24, 2.45) is 0 Å². The van der Waals surface area contributed by atoms with Gasteiger partial charge in [-0.3, -0.25) is 4.90 Å². The number of aromatic nitrogens is 1. The summed E-state index contributed by atoms with van der Waals surface area (Å²) in [7, 11) is 1.46.